The number of amides is 2. The van der Waals surface area contributed by atoms with E-state index in [2.05, 4.69) is 12.1 Å². The lowest BCUT2D eigenvalue weighted by molar-refractivity contribution is -0.130. The minimum absolute atomic E-state index is 0.0457. The molecule has 2 unspecified atom stereocenters. The van der Waals surface area contributed by atoms with Crippen LogP contribution in [0.2, 0.25) is 0 Å². The predicted octanol–water partition coefficient (Wildman–Crippen LogP) is 1.34. The van der Waals surface area contributed by atoms with Crippen LogP contribution in [-0.2, 0) is 16.0 Å². The van der Waals surface area contributed by atoms with Gasteiger partial charge in [-0.3, -0.25) is 9.59 Å². The maximum absolute atomic E-state index is 11.9. The summed E-state index contributed by atoms with van der Waals surface area (Å²) in [5.74, 6) is -0.637. The van der Waals surface area contributed by atoms with Gasteiger partial charge in [-0.15, -0.1) is 0 Å². The number of nitrogens with two attached hydrogens (primary N) is 1. The number of hydrogen-bond donors (Lipinski definition) is 1. The fourth-order valence-corrected chi connectivity index (χ4v) is 2.52. The van der Waals surface area contributed by atoms with Crippen molar-refractivity contribution in [1.29, 1.82) is 0 Å². The fraction of sp³-hybridized carbons (Fsp3) is 0.467. The molecule has 1 heterocycles. The van der Waals surface area contributed by atoms with Crippen LogP contribution in [0.4, 0.5) is 0 Å². The molecule has 0 saturated carbocycles. The van der Waals surface area contributed by atoms with Crippen LogP contribution < -0.4 is 5.73 Å². The van der Waals surface area contributed by atoms with E-state index >= 15 is 0 Å². The van der Waals surface area contributed by atoms with Crippen LogP contribution in [0.5, 0.6) is 0 Å². The third-order valence-electron chi connectivity index (χ3n) is 3.79. The summed E-state index contributed by atoms with van der Waals surface area (Å²) in [5.41, 5.74) is 6.54. The van der Waals surface area contributed by atoms with Gasteiger partial charge in [-0.2, -0.15) is 0 Å². The maximum atomic E-state index is 11.9. The second-order valence-corrected chi connectivity index (χ2v) is 5.22. The maximum Gasteiger partial charge on any atom is 0.223 e. The van der Waals surface area contributed by atoms with Gasteiger partial charge in [-0.05, 0) is 25.3 Å². The predicted molar refractivity (Wildman–Crippen MR) is 73.2 cm³/mol. The lowest BCUT2D eigenvalue weighted by Crippen LogP contribution is -2.36. The first-order chi connectivity index (χ1) is 9.08. The minimum Gasteiger partial charge on any atom is -0.369 e. The van der Waals surface area contributed by atoms with Gasteiger partial charge in [0.25, 0.3) is 0 Å². The highest BCUT2D eigenvalue weighted by Gasteiger charge is 2.35. The fourth-order valence-electron chi connectivity index (χ4n) is 2.52. The van der Waals surface area contributed by atoms with Crippen molar-refractivity contribution >= 4 is 11.8 Å². The summed E-state index contributed by atoms with van der Waals surface area (Å²) in [7, 11) is 0. The van der Waals surface area contributed by atoms with Gasteiger partial charge < -0.3 is 10.6 Å². The highest BCUT2D eigenvalue weighted by atomic mass is 16.2. The second-order valence-electron chi connectivity index (χ2n) is 5.22. The first kappa shape index (κ1) is 13.6. The van der Waals surface area contributed by atoms with Crippen molar-refractivity contribution in [3.63, 3.8) is 0 Å². The van der Waals surface area contributed by atoms with Crippen LogP contribution in [0.1, 0.15) is 25.3 Å². The summed E-state index contributed by atoms with van der Waals surface area (Å²) in [6.07, 6.45) is 2.11. The van der Waals surface area contributed by atoms with Gasteiger partial charge in [-0.1, -0.05) is 30.3 Å². The van der Waals surface area contributed by atoms with Crippen LogP contribution >= 0.6 is 0 Å². The van der Waals surface area contributed by atoms with Gasteiger partial charge in [0.2, 0.25) is 11.8 Å². The van der Waals surface area contributed by atoms with Gasteiger partial charge in [0.05, 0.1) is 5.92 Å². The SMILES string of the molecule is CC(CCc1ccccc1)N1CC(C(N)=O)CC1=O. The molecule has 1 aromatic rings. The van der Waals surface area contributed by atoms with E-state index in [1.54, 1.807) is 4.90 Å². The smallest absolute Gasteiger partial charge is 0.223 e. The van der Waals surface area contributed by atoms with Crippen LogP contribution in [0.3, 0.4) is 0 Å². The Hall–Kier alpha value is -1.84. The number of hydrogen-bond acceptors (Lipinski definition) is 2. The first-order valence-corrected chi connectivity index (χ1v) is 6.70. The van der Waals surface area contributed by atoms with E-state index in [-0.39, 0.29) is 30.2 Å². The van der Waals surface area contributed by atoms with Gasteiger partial charge in [0.15, 0.2) is 0 Å². The molecule has 0 spiro atoms. The molecule has 1 saturated heterocycles. The van der Waals surface area contributed by atoms with Crippen molar-refractivity contribution in [2.24, 2.45) is 11.7 Å². The van der Waals surface area contributed by atoms with Crippen LogP contribution in [0.15, 0.2) is 30.3 Å². The van der Waals surface area contributed by atoms with Crippen molar-refractivity contribution in [1.82, 2.24) is 4.90 Å². The first-order valence-electron chi connectivity index (χ1n) is 6.70. The normalized spacial score (nSPS) is 20.6. The van der Waals surface area contributed by atoms with E-state index in [0.29, 0.717) is 6.54 Å². The van der Waals surface area contributed by atoms with Crippen molar-refractivity contribution < 1.29 is 9.59 Å². The van der Waals surface area contributed by atoms with E-state index in [1.165, 1.54) is 5.56 Å². The largest absolute Gasteiger partial charge is 0.369 e. The van der Waals surface area contributed by atoms with Crippen LogP contribution in [-0.4, -0.2) is 29.3 Å². The molecule has 1 fully saturated rings. The van der Waals surface area contributed by atoms with E-state index in [9.17, 15) is 9.59 Å². The number of likely N-dealkylation sites (tertiary alicyclic amines) is 1. The highest BCUT2D eigenvalue weighted by molar-refractivity contribution is 5.88. The lowest BCUT2D eigenvalue weighted by atomic mass is 10.1. The molecule has 2 N–H and O–H groups in total. The Labute approximate surface area is 113 Å². The van der Waals surface area contributed by atoms with E-state index < -0.39 is 0 Å². The molecule has 0 bridgehead atoms. The number of carbonyl (C=O) groups is 2. The summed E-state index contributed by atoms with van der Waals surface area (Å²) in [6, 6.07) is 10.4. The highest BCUT2D eigenvalue weighted by Crippen LogP contribution is 2.21. The molecule has 2 rings (SSSR count). The molecule has 4 nitrogen and oxygen atoms in total. The van der Waals surface area contributed by atoms with Crippen molar-refractivity contribution in [3.8, 4) is 0 Å². The van der Waals surface area contributed by atoms with E-state index in [1.807, 2.05) is 25.1 Å². The number of rotatable bonds is 5. The monoisotopic (exact) mass is 260 g/mol. The second kappa shape index (κ2) is 5.87. The molecule has 1 aliphatic heterocycles. The summed E-state index contributed by atoms with van der Waals surface area (Å²) in [5, 5.41) is 0. The molecular weight excluding hydrogens is 240 g/mol. The van der Waals surface area contributed by atoms with E-state index in [4.69, 9.17) is 5.73 Å². The molecule has 102 valence electrons. The molecule has 19 heavy (non-hydrogen) atoms. The van der Waals surface area contributed by atoms with Gasteiger partial charge in [-0.25, -0.2) is 0 Å². The van der Waals surface area contributed by atoms with Gasteiger partial charge in [0.1, 0.15) is 0 Å². The lowest BCUT2D eigenvalue weighted by Gasteiger charge is -2.24. The molecule has 0 aliphatic carbocycles. The molecule has 2 amide bonds. The Bertz CT molecular complexity index is 458. The number of benzene rings is 1. The minimum atomic E-state index is -0.369. The molecule has 2 atom stereocenters. The Balaban J connectivity index is 1.88. The summed E-state index contributed by atoms with van der Waals surface area (Å²) < 4.78 is 0. The summed E-state index contributed by atoms with van der Waals surface area (Å²) in [4.78, 5) is 24.8. The van der Waals surface area contributed by atoms with Crippen molar-refractivity contribution in [2.45, 2.75) is 32.2 Å². The average molecular weight is 260 g/mol. The quantitative estimate of drug-likeness (QED) is 0.868. The Morgan fingerprint density at radius 2 is 2.11 bits per heavy atom. The molecule has 1 aliphatic rings. The Kier molecular flexibility index (Phi) is 4.20. The molecule has 1 aromatic carbocycles. The zero-order valence-electron chi connectivity index (χ0n) is 11.2. The third kappa shape index (κ3) is 3.34. The van der Waals surface area contributed by atoms with E-state index in [0.717, 1.165) is 12.8 Å². The average Bonchev–Trinajstić information content (AvgIpc) is 2.80. The van der Waals surface area contributed by atoms with Crippen LogP contribution in [0.25, 0.3) is 0 Å². The topological polar surface area (TPSA) is 63.4 Å². The van der Waals surface area contributed by atoms with Crippen molar-refractivity contribution in [3.05, 3.63) is 35.9 Å². The standard InChI is InChI=1S/C15H20N2O2/c1-11(7-8-12-5-3-2-4-6-12)17-10-13(15(16)19)9-14(17)18/h2-6,11,13H,7-10H2,1H3,(H2,16,19). The molecule has 0 aromatic heterocycles. The zero-order chi connectivity index (χ0) is 13.8. The van der Waals surface area contributed by atoms with Crippen molar-refractivity contribution in [2.75, 3.05) is 6.54 Å². The molecule has 0 radical (unpaired) electrons. The van der Waals surface area contributed by atoms with Gasteiger partial charge in [0, 0.05) is 19.0 Å². The zero-order valence-corrected chi connectivity index (χ0v) is 11.2. The van der Waals surface area contributed by atoms with Crippen LogP contribution in [0, 0.1) is 5.92 Å². The Morgan fingerprint density at radius 3 is 2.68 bits per heavy atom. The van der Waals surface area contributed by atoms with Gasteiger partial charge >= 0.3 is 0 Å². The number of primary amides is 1. The molecule has 4 heteroatoms. The Morgan fingerprint density at radius 1 is 1.42 bits per heavy atom. The number of nitrogens with zero attached hydrogens (tertiary/aromatic N) is 1. The summed E-state index contributed by atoms with van der Waals surface area (Å²) >= 11 is 0. The molecular formula is C15H20N2O2. The number of aryl methyl sites for hydroxylation is 1. The number of carbonyl (C=O) groups excluding carboxylic acids is 2. The third-order valence-corrected chi connectivity index (χ3v) is 3.79. The summed E-state index contributed by atoms with van der Waals surface area (Å²) in [6.45, 7) is 2.51.